The molecule has 1 saturated heterocycles. The highest BCUT2D eigenvalue weighted by Gasteiger charge is 2.18. The van der Waals surface area contributed by atoms with Crippen LogP contribution in [0.5, 0.6) is 11.5 Å². The Morgan fingerprint density at radius 3 is 2.14 bits per heavy atom. The van der Waals surface area contributed by atoms with Crippen molar-refractivity contribution in [3.63, 3.8) is 0 Å². The highest BCUT2D eigenvalue weighted by molar-refractivity contribution is 5.47. The molecule has 0 amide bonds. The summed E-state index contributed by atoms with van der Waals surface area (Å²) < 4.78 is 10.7. The number of β-amino-alcohol motifs (C(OH)–C–C–N with tert-alkyl or cyclic N) is 1. The topological polar surface area (TPSA) is 45.2 Å². The molecule has 2 rings (SSSR count). The Morgan fingerprint density at radius 2 is 1.57 bits per heavy atom. The Bertz CT molecular complexity index is 457. The number of benzene rings is 1. The van der Waals surface area contributed by atoms with Crippen LogP contribution in [0.1, 0.15) is 11.1 Å². The standard InChI is InChI=1S/C16H26N2O3/c1-13-10-15(20-2)16(21-3)11-14(13)12-18-6-4-17(5-7-18)8-9-19/h10-11,19H,4-9,12H2,1-3H3. The van der Waals surface area contributed by atoms with Gasteiger partial charge in [0.25, 0.3) is 0 Å². The van der Waals surface area contributed by atoms with E-state index in [-0.39, 0.29) is 6.61 Å². The first kappa shape index (κ1) is 16.1. The highest BCUT2D eigenvalue weighted by Crippen LogP contribution is 2.30. The molecule has 0 atom stereocenters. The number of nitrogens with zero attached hydrogens (tertiary/aromatic N) is 2. The SMILES string of the molecule is COc1cc(C)c(CN2CCN(CCO)CC2)cc1OC. The molecule has 0 aliphatic carbocycles. The minimum Gasteiger partial charge on any atom is -0.493 e. The van der Waals surface area contributed by atoms with E-state index in [0.717, 1.165) is 50.8 Å². The Morgan fingerprint density at radius 1 is 1.00 bits per heavy atom. The van der Waals surface area contributed by atoms with E-state index < -0.39 is 0 Å². The van der Waals surface area contributed by atoms with Crippen LogP contribution >= 0.6 is 0 Å². The zero-order valence-electron chi connectivity index (χ0n) is 13.3. The molecule has 1 fully saturated rings. The monoisotopic (exact) mass is 294 g/mol. The van der Waals surface area contributed by atoms with E-state index in [1.54, 1.807) is 14.2 Å². The first-order valence-corrected chi connectivity index (χ1v) is 7.45. The molecule has 118 valence electrons. The van der Waals surface area contributed by atoms with E-state index in [2.05, 4.69) is 22.8 Å². The number of aliphatic hydroxyl groups is 1. The molecule has 1 aliphatic heterocycles. The van der Waals surface area contributed by atoms with Crippen molar-refractivity contribution in [1.82, 2.24) is 9.80 Å². The summed E-state index contributed by atoms with van der Waals surface area (Å²) in [5.41, 5.74) is 2.51. The lowest BCUT2D eigenvalue weighted by atomic mass is 10.1. The zero-order valence-corrected chi connectivity index (χ0v) is 13.3. The maximum atomic E-state index is 8.98. The van der Waals surface area contributed by atoms with Crippen molar-refractivity contribution in [3.8, 4) is 11.5 Å². The van der Waals surface area contributed by atoms with Crippen molar-refractivity contribution in [1.29, 1.82) is 0 Å². The largest absolute Gasteiger partial charge is 0.493 e. The third-order valence-electron chi connectivity index (χ3n) is 4.12. The maximum Gasteiger partial charge on any atom is 0.161 e. The molecular formula is C16H26N2O3. The van der Waals surface area contributed by atoms with Crippen LogP contribution in [0.25, 0.3) is 0 Å². The molecule has 1 N–H and O–H groups in total. The molecule has 0 radical (unpaired) electrons. The summed E-state index contributed by atoms with van der Waals surface area (Å²) in [4.78, 5) is 4.75. The van der Waals surface area contributed by atoms with Crippen LogP contribution < -0.4 is 9.47 Å². The normalized spacial score (nSPS) is 17.0. The third-order valence-corrected chi connectivity index (χ3v) is 4.12. The van der Waals surface area contributed by atoms with Crippen molar-refractivity contribution in [2.45, 2.75) is 13.5 Å². The van der Waals surface area contributed by atoms with E-state index in [4.69, 9.17) is 14.6 Å². The van der Waals surface area contributed by atoms with Crippen LogP contribution in [0.2, 0.25) is 0 Å². The zero-order chi connectivity index (χ0) is 15.2. The number of hydrogen-bond donors (Lipinski definition) is 1. The van der Waals surface area contributed by atoms with E-state index in [9.17, 15) is 0 Å². The van der Waals surface area contributed by atoms with E-state index >= 15 is 0 Å². The lowest BCUT2D eigenvalue weighted by molar-refractivity contribution is 0.108. The number of methoxy groups -OCH3 is 2. The molecule has 0 aromatic heterocycles. The van der Waals surface area contributed by atoms with Gasteiger partial charge >= 0.3 is 0 Å². The molecule has 0 unspecified atom stereocenters. The van der Waals surface area contributed by atoms with Crippen molar-refractivity contribution >= 4 is 0 Å². The number of aliphatic hydroxyl groups excluding tert-OH is 1. The number of ether oxygens (including phenoxy) is 2. The van der Waals surface area contributed by atoms with Gasteiger partial charge < -0.3 is 14.6 Å². The second-order valence-corrected chi connectivity index (χ2v) is 5.48. The van der Waals surface area contributed by atoms with Gasteiger partial charge in [-0.15, -0.1) is 0 Å². The molecule has 1 aromatic rings. The van der Waals surface area contributed by atoms with Crippen LogP contribution in [0.4, 0.5) is 0 Å². The number of piperazine rings is 1. The van der Waals surface area contributed by atoms with E-state index in [1.807, 2.05) is 6.07 Å². The van der Waals surface area contributed by atoms with Gasteiger partial charge in [0, 0.05) is 39.3 Å². The van der Waals surface area contributed by atoms with Gasteiger partial charge in [0.1, 0.15) is 0 Å². The van der Waals surface area contributed by atoms with Crippen LogP contribution in [0.3, 0.4) is 0 Å². The van der Waals surface area contributed by atoms with Gasteiger partial charge in [-0.25, -0.2) is 0 Å². The molecule has 5 nitrogen and oxygen atoms in total. The second kappa shape index (κ2) is 7.64. The maximum absolute atomic E-state index is 8.98. The Labute approximate surface area is 127 Å². The van der Waals surface area contributed by atoms with Crippen molar-refractivity contribution in [2.75, 3.05) is 53.6 Å². The van der Waals surface area contributed by atoms with Crippen molar-refractivity contribution in [2.24, 2.45) is 0 Å². The molecule has 1 heterocycles. The first-order valence-electron chi connectivity index (χ1n) is 7.45. The summed E-state index contributed by atoms with van der Waals surface area (Å²) in [6.07, 6.45) is 0. The summed E-state index contributed by atoms with van der Waals surface area (Å²) >= 11 is 0. The van der Waals surface area contributed by atoms with Gasteiger partial charge in [0.15, 0.2) is 11.5 Å². The van der Waals surface area contributed by atoms with Crippen molar-refractivity contribution < 1.29 is 14.6 Å². The van der Waals surface area contributed by atoms with Crippen LogP contribution in [-0.2, 0) is 6.54 Å². The smallest absolute Gasteiger partial charge is 0.161 e. The fourth-order valence-electron chi connectivity index (χ4n) is 2.75. The van der Waals surface area contributed by atoms with Gasteiger partial charge in [-0.2, -0.15) is 0 Å². The second-order valence-electron chi connectivity index (χ2n) is 5.48. The lowest BCUT2D eigenvalue weighted by Gasteiger charge is -2.34. The van der Waals surface area contributed by atoms with Gasteiger partial charge in [-0.3, -0.25) is 9.80 Å². The molecule has 1 aliphatic rings. The number of aryl methyl sites for hydroxylation is 1. The molecule has 0 saturated carbocycles. The minimum absolute atomic E-state index is 0.245. The van der Waals surface area contributed by atoms with Crippen LogP contribution in [0, 0.1) is 6.92 Å². The fourth-order valence-corrected chi connectivity index (χ4v) is 2.75. The average Bonchev–Trinajstić information content (AvgIpc) is 2.51. The summed E-state index contributed by atoms with van der Waals surface area (Å²) in [5.74, 6) is 1.57. The quantitative estimate of drug-likeness (QED) is 0.852. The summed E-state index contributed by atoms with van der Waals surface area (Å²) in [7, 11) is 3.34. The van der Waals surface area contributed by atoms with E-state index in [1.165, 1.54) is 11.1 Å². The predicted octanol–water partition coefficient (Wildman–Crippen LogP) is 1.12. The Hall–Kier alpha value is -1.30. The minimum atomic E-state index is 0.245. The summed E-state index contributed by atoms with van der Waals surface area (Å²) in [5, 5.41) is 8.98. The third kappa shape index (κ3) is 4.09. The number of rotatable bonds is 6. The van der Waals surface area contributed by atoms with E-state index in [0.29, 0.717) is 0 Å². The lowest BCUT2D eigenvalue weighted by Crippen LogP contribution is -2.46. The average molecular weight is 294 g/mol. The molecule has 0 spiro atoms. The molecule has 0 bridgehead atoms. The molecule has 21 heavy (non-hydrogen) atoms. The van der Waals surface area contributed by atoms with Gasteiger partial charge in [0.2, 0.25) is 0 Å². The summed E-state index contributed by atoms with van der Waals surface area (Å²) in [6, 6.07) is 4.12. The molecule has 1 aromatic carbocycles. The van der Waals surface area contributed by atoms with Gasteiger partial charge in [-0.1, -0.05) is 0 Å². The first-order chi connectivity index (χ1) is 10.2. The molecule has 5 heteroatoms. The van der Waals surface area contributed by atoms with Gasteiger partial charge in [-0.05, 0) is 30.2 Å². The van der Waals surface area contributed by atoms with Crippen molar-refractivity contribution in [3.05, 3.63) is 23.3 Å². The Kier molecular flexibility index (Phi) is 5.85. The highest BCUT2D eigenvalue weighted by atomic mass is 16.5. The van der Waals surface area contributed by atoms with Crippen LogP contribution in [-0.4, -0.2) is 68.5 Å². The summed E-state index contributed by atoms with van der Waals surface area (Å²) in [6.45, 7) is 8.18. The fraction of sp³-hybridized carbons (Fsp3) is 0.625. The Balaban J connectivity index is 2.00. The van der Waals surface area contributed by atoms with Crippen LogP contribution in [0.15, 0.2) is 12.1 Å². The number of hydrogen-bond acceptors (Lipinski definition) is 5. The molecular weight excluding hydrogens is 268 g/mol. The van der Waals surface area contributed by atoms with Gasteiger partial charge in [0.05, 0.1) is 20.8 Å². The predicted molar refractivity (Wildman–Crippen MR) is 83.1 cm³/mol.